The number of nitrogens with zero attached hydrogens (tertiary/aromatic N) is 2. The molecule has 0 unspecified atom stereocenters. The standard InChI is InChI=1S/C15H8F5N3/c16-8-3-1-4-9(7-8)21-13-10-5-2-6-11(17)12(10)22-14(23-13)15(18,19)20/h1-7H,(H,21,22,23). The number of aromatic nitrogens is 2. The highest BCUT2D eigenvalue weighted by Crippen LogP contribution is 2.32. The SMILES string of the molecule is Fc1cccc(Nc2nc(C(F)(F)F)nc3c(F)cccc23)c1. The lowest BCUT2D eigenvalue weighted by Crippen LogP contribution is -2.13. The van der Waals surface area contributed by atoms with Gasteiger partial charge in [0.2, 0.25) is 5.82 Å². The molecule has 0 fully saturated rings. The molecule has 8 heteroatoms. The van der Waals surface area contributed by atoms with Crippen molar-refractivity contribution in [1.82, 2.24) is 9.97 Å². The smallest absolute Gasteiger partial charge is 0.340 e. The van der Waals surface area contributed by atoms with Crippen LogP contribution in [0.2, 0.25) is 0 Å². The first-order chi connectivity index (χ1) is 10.8. The Morgan fingerprint density at radius 2 is 1.65 bits per heavy atom. The summed E-state index contributed by atoms with van der Waals surface area (Å²) in [6.45, 7) is 0. The average molecular weight is 325 g/mol. The largest absolute Gasteiger partial charge is 0.451 e. The van der Waals surface area contributed by atoms with Gasteiger partial charge in [-0.1, -0.05) is 12.1 Å². The number of hydrogen-bond donors (Lipinski definition) is 1. The first-order valence-corrected chi connectivity index (χ1v) is 6.40. The van der Waals surface area contributed by atoms with Crippen LogP contribution >= 0.6 is 0 Å². The lowest BCUT2D eigenvalue weighted by Gasteiger charge is -2.12. The fourth-order valence-electron chi connectivity index (χ4n) is 2.04. The number of anilines is 2. The summed E-state index contributed by atoms with van der Waals surface area (Å²) in [7, 11) is 0. The zero-order valence-electron chi connectivity index (χ0n) is 11.3. The molecule has 0 aliphatic rings. The van der Waals surface area contributed by atoms with Gasteiger partial charge in [0.1, 0.15) is 23.0 Å². The molecule has 1 heterocycles. The summed E-state index contributed by atoms with van der Waals surface area (Å²) < 4.78 is 65.7. The number of fused-ring (bicyclic) bond motifs is 1. The number of para-hydroxylation sites is 1. The van der Waals surface area contributed by atoms with Gasteiger partial charge in [-0.2, -0.15) is 13.2 Å². The number of hydrogen-bond acceptors (Lipinski definition) is 3. The fourth-order valence-corrected chi connectivity index (χ4v) is 2.04. The number of rotatable bonds is 2. The van der Waals surface area contributed by atoms with E-state index in [-0.39, 0.29) is 16.9 Å². The molecule has 0 saturated heterocycles. The van der Waals surface area contributed by atoms with Crippen LogP contribution < -0.4 is 5.32 Å². The molecule has 0 spiro atoms. The predicted molar refractivity (Wildman–Crippen MR) is 74.2 cm³/mol. The Bertz CT molecular complexity index is 877. The molecule has 0 radical (unpaired) electrons. The Labute approximate surface area is 126 Å². The highest BCUT2D eigenvalue weighted by atomic mass is 19.4. The van der Waals surface area contributed by atoms with E-state index >= 15 is 0 Å². The second kappa shape index (κ2) is 5.45. The van der Waals surface area contributed by atoms with E-state index in [0.29, 0.717) is 0 Å². The first kappa shape index (κ1) is 15.1. The molecule has 0 saturated carbocycles. The molecule has 3 aromatic rings. The summed E-state index contributed by atoms with van der Waals surface area (Å²) in [5.74, 6) is -3.21. The van der Waals surface area contributed by atoms with Crippen molar-refractivity contribution in [2.75, 3.05) is 5.32 Å². The quantitative estimate of drug-likeness (QED) is 0.696. The van der Waals surface area contributed by atoms with Crippen LogP contribution in [0.4, 0.5) is 33.5 Å². The molecular formula is C15H8F5N3. The van der Waals surface area contributed by atoms with Crippen molar-refractivity contribution >= 4 is 22.4 Å². The van der Waals surface area contributed by atoms with Gasteiger partial charge in [-0.05, 0) is 30.3 Å². The Morgan fingerprint density at radius 3 is 2.35 bits per heavy atom. The molecule has 118 valence electrons. The number of nitrogens with one attached hydrogen (secondary N) is 1. The van der Waals surface area contributed by atoms with Gasteiger partial charge in [0.15, 0.2) is 0 Å². The van der Waals surface area contributed by atoms with Gasteiger partial charge >= 0.3 is 6.18 Å². The average Bonchev–Trinajstić information content (AvgIpc) is 2.47. The lowest BCUT2D eigenvalue weighted by atomic mass is 10.2. The van der Waals surface area contributed by atoms with Crippen LogP contribution in [0.25, 0.3) is 10.9 Å². The van der Waals surface area contributed by atoms with Crippen molar-refractivity contribution in [2.45, 2.75) is 6.18 Å². The van der Waals surface area contributed by atoms with Gasteiger partial charge in [-0.25, -0.2) is 18.7 Å². The molecule has 0 atom stereocenters. The molecule has 1 N–H and O–H groups in total. The molecular weight excluding hydrogens is 317 g/mol. The molecule has 0 aliphatic heterocycles. The van der Waals surface area contributed by atoms with Crippen LogP contribution in [0, 0.1) is 11.6 Å². The van der Waals surface area contributed by atoms with Crippen LogP contribution in [0.3, 0.4) is 0 Å². The number of benzene rings is 2. The van der Waals surface area contributed by atoms with E-state index in [2.05, 4.69) is 15.3 Å². The Kier molecular flexibility index (Phi) is 3.59. The van der Waals surface area contributed by atoms with Gasteiger partial charge in [-0.3, -0.25) is 0 Å². The van der Waals surface area contributed by atoms with Crippen LogP contribution in [-0.4, -0.2) is 9.97 Å². The summed E-state index contributed by atoms with van der Waals surface area (Å²) in [4.78, 5) is 6.64. The van der Waals surface area contributed by atoms with E-state index < -0.39 is 29.2 Å². The van der Waals surface area contributed by atoms with Crippen molar-refractivity contribution in [3.05, 3.63) is 59.9 Å². The van der Waals surface area contributed by atoms with Gasteiger partial charge in [0.25, 0.3) is 0 Å². The second-order valence-electron chi connectivity index (χ2n) is 4.66. The number of halogens is 5. The van der Waals surface area contributed by atoms with Crippen molar-refractivity contribution in [3.8, 4) is 0 Å². The highest BCUT2D eigenvalue weighted by molar-refractivity contribution is 5.91. The minimum absolute atomic E-state index is 0.0576. The third-order valence-electron chi connectivity index (χ3n) is 3.02. The summed E-state index contributed by atoms with van der Waals surface area (Å²) in [6, 6.07) is 8.80. The summed E-state index contributed by atoms with van der Waals surface area (Å²) in [5.41, 5.74) is -0.281. The third kappa shape index (κ3) is 3.05. The topological polar surface area (TPSA) is 37.8 Å². The molecule has 2 aromatic carbocycles. The number of alkyl halides is 3. The van der Waals surface area contributed by atoms with E-state index in [1.54, 1.807) is 0 Å². The van der Waals surface area contributed by atoms with Crippen LogP contribution in [0.15, 0.2) is 42.5 Å². The zero-order valence-corrected chi connectivity index (χ0v) is 11.3. The van der Waals surface area contributed by atoms with E-state index in [0.717, 1.165) is 12.1 Å². The highest BCUT2D eigenvalue weighted by Gasteiger charge is 2.36. The molecule has 0 aliphatic carbocycles. The molecule has 0 amide bonds. The molecule has 3 rings (SSSR count). The second-order valence-corrected chi connectivity index (χ2v) is 4.66. The van der Waals surface area contributed by atoms with Gasteiger partial charge in [0, 0.05) is 11.1 Å². The molecule has 1 aromatic heterocycles. The van der Waals surface area contributed by atoms with Crippen molar-refractivity contribution in [3.63, 3.8) is 0 Å². The lowest BCUT2D eigenvalue weighted by molar-refractivity contribution is -0.144. The summed E-state index contributed by atoms with van der Waals surface area (Å²) in [5, 5.41) is 2.63. The van der Waals surface area contributed by atoms with E-state index in [9.17, 15) is 22.0 Å². The van der Waals surface area contributed by atoms with Gasteiger partial charge in [0.05, 0.1) is 0 Å². The normalized spacial score (nSPS) is 11.7. The molecule has 0 bridgehead atoms. The van der Waals surface area contributed by atoms with Gasteiger partial charge in [-0.15, -0.1) is 0 Å². The Morgan fingerprint density at radius 1 is 0.913 bits per heavy atom. The van der Waals surface area contributed by atoms with Crippen molar-refractivity contribution < 1.29 is 22.0 Å². The van der Waals surface area contributed by atoms with Crippen molar-refractivity contribution in [2.24, 2.45) is 0 Å². The third-order valence-corrected chi connectivity index (χ3v) is 3.02. The maximum Gasteiger partial charge on any atom is 0.451 e. The van der Waals surface area contributed by atoms with Crippen LogP contribution in [0.5, 0.6) is 0 Å². The van der Waals surface area contributed by atoms with E-state index in [1.165, 1.54) is 30.3 Å². The van der Waals surface area contributed by atoms with Gasteiger partial charge < -0.3 is 5.32 Å². The molecule has 23 heavy (non-hydrogen) atoms. The van der Waals surface area contributed by atoms with Crippen LogP contribution in [-0.2, 0) is 6.18 Å². The molecule has 3 nitrogen and oxygen atoms in total. The maximum absolute atomic E-state index is 13.8. The summed E-state index contributed by atoms with van der Waals surface area (Å²) in [6.07, 6.45) is -4.84. The summed E-state index contributed by atoms with van der Waals surface area (Å²) >= 11 is 0. The van der Waals surface area contributed by atoms with E-state index in [1.807, 2.05) is 0 Å². The minimum atomic E-state index is -4.84. The fraction of sp³-hybridized carbons (Fsp3) is 0.0667. The zero-order chi connectivity index (χ0) is 16.6. The van der Waals surface area contributed by atoms with Crippen molar-refractivity contribution in [1.29, 1.82) is 0 Å². The monoisotopic (exact) mass is 325 g/mol. The predicted octanol–water partition coefficient (Wildman–Crippen LogP) is 4.67. The minimum Gasteiger partial charge on any atom is -0.340 e. The Balaban J connectivity index is 2.19. The Hall–Kier alpha value is -2.77. The van der Waals surface area contributed by atoms with E-state index in [4.69, 9.17) is 0 Å². The van der Waals surface area contributed by atoms with Crippen LogP contribution in [0.1, 0.15) is 5.82 Å². The first-order valence-electron chi connectivity index (χ1n) is 6.40. The maximum atomic E-state index is 13.8.